The first-order valence-corrected chi connectivity index (χ1v) is 8.33. The van der Waals surface area contributed by atoms with Crippen LogP contribution >= 0.6 is 11.3 Å². The number of benzene rings is 2. The number of aromatic nitrogens is 1. The molecule has 0 saturated heterocycles. The zero-order valence-electron chi connectivity index (χ0n) is 13.8. The number of phenolic OH excluding ortho intramolecular Hbond substituents is 1. The third-order valence-corrected chi connectivity index (χ3v) is 4.17. The van der Waals surface area contributed by atoms with Crippen molar-refractivity contribution < 1.29 is 14.6 Å². The van der Waals surface area contributed by atoms with E-state index < -0.39 is 0 Å². The molecule has 25 heavy (non-hydrogen) atoms. The first-order valence-electron chi connectivity index (χ1n) is 7.45. The van der Waals surface area contributed by atoms with Crippen molar-refractivity contribution in [1.82, 2.24) is 4.98 Å². The van der Waals surface area contributed by atoms with Gasteiger partial charge in [0.05, 0.1) is 26.1 Å². The number of nitrogens with one attached hydrogen (secondary N) is 1. The topological polar surface area (TPSA) is 76.0 Å². The number of hydrogen-bond donors (Lipinski definition) is 2. The third kappa shape index (κ3) is 4.07. The highest BCUT2D eigenvalue weighted by Gasteiger charge is 2.09. The lowest BCUT2D eigenvalue weighted by Gasteiger charge is -2.08. The van der Waals surface area contributed by atoms with Crippen molar-refractivity contribution >= 4 is 22.7 Å². The highest BCUT2D eigenvalue weighted by Crippen LogP contribution is 2.33. The average Bonchev–Trinajstić information content (AvgIpc) is 3.10. The van der Waals surface area contributed by atoms with Crippen LogP contribution in [0.4, 0.5) is 5.13 Å². The Bertz CT molecular complexity index is 893. The first-order chi connectivity index (χ1) is 12.2. The molecule has 0 radical (unpaired) electrons. The van der Waals surface area contributed by atoms with Gasteiger partial charge in [-0.3, -0.25) is 5.43 Å². The van der Waals surface area contributed by atoms with E-state index >= 15 is 0 Å². The van der Waals surface area contributed by atoms with Crippen molar-refractivity contribution in [3.05, 3.63) is 53.4 Å². The third-order valence-electron chi connectivity index (χ3n) is 3.43. The van der Waals surface area contributed by atoms with Crippen LogP contribution < -0.4 is 14.9 Å². The van der Waals surface area contributed by atoms with Gasteiger partial charge in [0.1, 0.15) is 5.75 Å². The standard InChI is InChI=1S/C18H17N3O3S/c1-23-16-7-6-13(9-17(16)24-2)15-11-25-18(20-15)21-19-10-12-4-3-5-14(22)8-12/h3-11,22H,1-2H3,(H,20,21)/b19-10-. The predicted molar refractivity (Wildman–Crippen MR) is 100.0 cm³/mol. The van der Waals surface area contributed by atoms with Gasteiger partial charge in [-0.15, -0.1) is 11.3 Å². The van der Waals surface area contributed by atoms with E-state index in [2.05, 4.69) is 15.5 Å². The lowest BCUT2D eigenvalue weighted by Crippen LogP contribution is -1.92. The molecule has 0 unspecified atom stereocenters. The van der Waals surface area contributed by atoms with Gasteiger partial charge in [0, 0.05) is 10.9 Å². The van der Waals surface area contributed by atoms with Crippen LogP contribution in [0.5, 0.6) is 17.2 Å². The fourth-order valence-corrected chi connectivity index (χ4v) is 2.89. The van der Waals surface area contributed by atoms with Gasteiger partial charge in [-0.05, 0) is 35.9 Å². The summed E-state index contributed by atoms with van der Waals surface area (Å²) in [6, 6.07) is 12.5. The van der Waals surface area contributed by atoms with Crippen molar-refractivity contribution in [3.8, 4) is 28.5 Å². The predicted octanol–water partition coefficient (Wildman–Crippen LogP) is 3.98. The summed E-state index contributed by atoms with van der Waals surface area (Å²) in [5.74, 6) is 1.54. The molecule has 0 bridgehead atoms. The molecule has 128 valence electrons. The Kier molecular flexibility index (Phi) is 5.15. The molecule has 2 N–H and O–H groups in total. The maximum absolute atomic E-state index is 9.43. The molecule has 3 rings (SSSR count). The monoisotopic (exact) mass is 355 g/mol. The SMILES string of the molecule is COc1ccc(-c2csc(N/N=C\c3cccc(O)c3)n2)cc1OC. The number of rotatable bonds is 6. The molecule has 0 atom stereocenters. The van der Waals surface area contributed by atoms with E-state index in [4.69, 9.17) is 9.47 Å². The summed E-state index contributed by atoms with van der Waals surface area (Å²) in [5, 5.41) is 16.2. The minimum atomic E-state index is 0.203. The van der Waals surface area contributed by atoms with Gasteiger partial charge in [0.2, 0.25) is 5.13 Å². The summed E-state index contributed by atoms with van der Waals surface area (Å²) in [6.07, 6.45) is 1.62. The minimum absolute atomic E-state index is 0.203. The number of hydrazone groups is 1. The summed E-state index contributed by atoms with van der Waals surface area (Å²) < 4.78 is 10.6. The Hall–Kier alpha value is -3.06. The molecule has 3 aromatic rings. The summed E-state index contributed by atoms with van der Waals surface area (Å²) in [5.41, 5.74) is 5.44. The summed E-state index contributed by atoms with van der Waals surface area (Å²) in [6.45, 7) is 0. The van der Waals surface area contributed by atoms with Gasteiger partial charge in [0.25, 0.3) is 0 Å². The number of hydrogen-bond acceptors (Lipinski definition) is 7. The number of anilines is 1. The average molecular weight is 355 g/mol. The van der Waals surface area contributed by atoms with Crippen LogP contribution in [0.25, 0.3) is 11.3 Å². The molecule has 0 fully saturated rings. The highest BCUT2D eigenvalue weighted by molar-refractivity contribution is 7.14. The van der Waals surface area contributed by atoms with Gasteiger partial charge in [-0.2, -0.15) is 5.10 Å². The Morgan fingerprint density at radius 2 is 1.96 bits per heavy atom. The van der Waals surface area contributed by atoms with Crippen molar-refractivity contribution in [1.29, 1.82) is 0 Å². The van der Waals surface area contributed by atoms with E-state index in [-0.39, 0.29) is 5.75 Å². The smallest absolute Gasteiger partial charge is 0.203 e. The largest absolute Gasteiger partial charge is 0.508 e. The normalized spacial score (nSPS) is 10.8. The Balaban J connectivity index is 1.72. The van der Waals surface area contributed by atoms with E-state index in [1.807, 2.05) is 29.6 Å². The summed E-state index contributed by atoms with van der Waals surface area (Å²) >= 11 is 1.45. The van der Waals surface area contributed by atoms with Gasteiger partial charge < -0.3 is 14.6 Å². The van der Waals surface area contributed by atoms with Crippen LogP contribution in [0.15, 0.2) is 52.9 Å². The van der Waals surface area contributed by atoms with Gasteiger partial charge in [0.15, 0.2) is 11.5 Å². The number of phenols is 1. The maximum Gasteiger partial charge on any atom is 0.203 e. The van der Waals surface area contributed by atoms with Crippen molar-refractivity contribution in [2.75, 3.05) is 19.6 Å². The van der Waals surface area contributed by atoms with Crippen LogP contribution in [0.3, 0.4) is 0 Å². The van der Waals surface area contributed by atoms with E-state index in [0.29, 0.717) is 16.6 Å². The van der Waals surface area contributed by atoms with Gasteiger partial charge in [-0.1, -0.05) is 12.1 Å². The fourth-order valence-electron chi connectivity index (χ4n) is 2.22. The summed E-state index contributed by atoms with van der Waals surface area (Å²) in [7, 11) is 3.21. The van der Waals surface area contributed by atoms with E-state index in [0.717, 1.165) is 16.8 Å². The molecule has 0 aliphatic rings. The molecule has 7 heteroatoms. The zero-order valence-corrected chi connectivity index (χ0v) is 14.6. The highest BCUT2D eigenvalue weighted by atomic mass is 32.1. The van der Waals surface area contributed by atoms with E-state index in [1.165, 1.54) is 11.3 Å². The number of methoxy groups -OCH3 is 2. The number of ether oxygens (including phenoxy) is 2. The number of aromatic hydroxyl groups is 1. The lowest BCUT2D eigenvalue weighted by atomic mass is 10.1. The lowest BCUT2D eigenvalue weighted by molar-refractivity contribution is 0.355. The molecule has 1 heterocycles. The molecule has 0 aliphatic heterocycles. The van der Waals surface area contributed by atoms with E-state index in [9.17, 15) is 5.11 Å². The van der Waals surface area contributed by atoms with Crippen molar-refractivity contribution in [3.63, 3.8) is 0 Å². The van der Waals surface area contributed by atoms with E-state index in [1.54, 1.807) is 38.6 Å². The molecule has 0 saturated carbocycles. The van der Waals surface area contributed by atoms with Crippen LogP contribution in [0.1, 0.15) is 5.56 Å². The minimum Gasteiger partial charge on any atom is -0.508 e. The second-order valence-corrected chi connectivity index (χ2v) is 5.93. The molecule has 2 aromatic carbocycles. The molecule has 0 aliphatic carbocycles. The number of thiazole rings is 1. The van der Waals surface area contributed by atoms with Crippen LogP contribution in [0.2, 0.25) is 0 Å². The number of nitrogens with zero attached hydrogens (tertiary/aromatic N) is 2. The second-order valence-electron chi connectivity index (χ2n) is 5.07. The van der Waals surface area contributed by atoms with Crippen LogP contribution in [-0.2, 0) is 0 Å². The summed E-state index contributed by atoms with van der Waals surface area (Å²) in [4.78, 5) is 4.51. The molecule has 6 nitrogen and oxygen atoms in total. The molecule has 0 spiro atoms. The van der Waals surface area contributed by atoms with Crippen LogP contribution in [-0.4, -0.2) is 30.5 Å². The van der Waals surface area contributed by atoms with Crippen molar-refractivity contribution in [2.24, 2.45) is 5.10 Å². The fraction of sp³-hybridized carbons (Fsp3) is 0.111. The zero-order chi connectivity index (χ0) is 17.6. The Labute approximate surface area is 149 Å². The maximum atomic E-state index is 9.43. The quantitative estimate of drug-likeness (QED) is 0.517. The second kappa shape index (κ2) is 7.67. The van der Waals surface area contributed by atoms with Crippen LogP contribution in [0, 0.1) is 0 Å². The molecular formula is C18H17N3O3S. The van der Waals surface area contributed by atoms with Gasteiger partial charge in [-0.25, -0.2) is 4.98 Å². The van der Waals surface area contributed by atoms with Gasteiger partial charge >= 0.3 is 0 Å². The Morgan fingerprint density at radius 3 is 2.72 bits per heavy atom. The molecule has 1 aromatic heterocycles. The molecular weight excluding hydrogens is 338 g/mol. The Morgan fingerprint density at radius 1 is 1.12 bits per heavy atom. The van der Waals surface area contributed by atoms with Crippen molar-refractivity contribution in [2.45, 2.75) is 0 Å². The first kappa shape index (κ1) is 16.8. The molecule has 0 amide bonds.